The highest BCUT2D eigenvalue weighted by Crippen LogP contribution is 2.24. The zero-order valence-electron chi connectivity index (χ0n) is 14.4. The molecule has 0 amide bonds. The van der Waals surface area contributed by atoms with Gasteiger partial charge in [-0.25, -0.2) is 4.98 Å². The van der Waals surface area contributed by atoms with Crippen molar-refractivity contribution in [1.29, 1.82) is 0 Å². The van der Waals surface area contributed by atoms with E-state index < -0.39 is 0 Å². The van der Waals surface area contributed by atoms with Gasteiger partial charge in [-0.1, -0.05) is 57.2 Å². The van der Waals surface area contributed by atoms with Crippen molar-refractivity contribution in [3.8, 4) is 0 Å². The summed E-state index contributed by atoms with van der Waals surface area (Å²) in [6.07, 6.45) is 0. The molecule has 23 heavy (non-hydrogen) atoms. The van der Waals surface area contributed by atoms with Crippen LogP contribution in [-0.4, -0.2) is 9.55 Å². The van der Waals surface area contributed by atoms with Crippen LogP contribution in [0.3, 0.4) is 0 Å². The van der Waals surface area contributed by atoms with Crippen LogP contribution >= 0.6 is 0 Å². The average Bonchev–Trinajstić information content (AvgIpc) is 2.86. The highest BCUT2D eigenvalue weighted by molar-refractivity contribution is 5.76. The molecule has 1 unspecified atom stereocenters. The van der Waals surface area contributed by atoms with Gasteiger partial charge < -0.3 is 10.3 Å². The fourth-order valence-corrected chi connectivity index (χ4v) is 2.90. The molecule has 0 aliphatic carbocycles. The molecule has 0 aliphatic heterocycles. The monoisotopic (exact) mass is 307 g/mol. The Bertz CT molecular complexity index is 805. The Kier molecular flexibility index (Phi) is 3.99. The van der Waals surface area contributed by atoms with E-state index >= 15 is 0 Å². The molecule has 0 saturated heterocycles. The third-order valence-electron chi connectivity index (χ3n) is 4.25. The summed E-state index contributed by atoms with van der Waals surface area (Å²) in [5.41, 5.74) is 11.1. The highest BCUT2D eigenvalue weighted by Gasteiger charge is 2.15. The van der Waals surface area contributed by atoms with Crippen LogP contribution in [0.4, 0.5) is 0 Å². The first-order chi connectivity index (χ1) is 10.9. The maximum Gasteiger partial charge on any atom is 0.126 e. The van der Waals surface area contributed by atoms with E-state index in [0.717, 1.165) is 23.4 Å². The zero-order valence-corrected chi connectivity index (χ0v) is 14.4. The van der Waals surface area contributed by atoms with Crippen molar-refractivity contribution >= 4 is 11.0 Å². The molecule has 0 spiro atoms. The summed E-state index contributed by atoms with van der Waals surface area (Å²) in [7, 11) is 0. The molecular weight excluding hydrogens is 282 g/mol. The molecule has 0 bridgehead atoms. The number of aromatic nitrogens is 2. The second-order valence-corrected chi connectivity index (χ2v) is 7.28. The number of para-hydroxylation sites is 2. The number of fused-ring (bicyclic) bond motifs is 1. The van der Waals surface area contributed by atoms with Gasteiger partial charge in [0.05, 0.1) is 17.1 Å². The molecule has 3 rings (SSSR count). The van der Waals surface area contributed by atoms with Crippen LogP contribution in [-0.2, 0) is 12.0 Å². The molecule has 3 nitrogen and oxygen atoms in total. The van der Waals surface area contributed by atoms with E-state index in [-0.39, 0.29) is 11.5 Å². The summed E-state index contributed by atoms with van der Waals surface area (Å²) in [6.45, 7) is 9.49. The first kappa shape index (κ1) is 15.8. The molecule has 120 valence electrons. The van der Waals surface area contributed by atoms with Crippen molar-refractivity contribution in [3.05, 3.63) is 65.5 Å². The first-order valence-corrected chi connectivity index (χ1v) is 8.16. The quantitative estimate of drug-likeness (QED) is 0.779. The second-order valence-electron chi connectivity index (χ2n) is 7.28. The molecule has 1 aromatic heterocycles. The van der Waals surface area contributed by atoms with Crippen LogP contribution in [0, 0.1) is 0 Å². The Balaban J connectivity index is 1.99. The van der Waals surface area contributed by atoms with Gasteiger partial charge in [0.1, 0.15) is 5.82 Å². The van der Waals surface area contributed by atoms with Crippen molar-refractivity contribution in [2.45, 2.75) is 45.7 Å². The molecule has 1 heterocycles. The number of rotatable bonds is 3. The Morgan fingerprint density at radius 1 is 1.04 bits per heavy atom. The zero-order chi connectivity index (χ0) is 16.6. The lowest BCUT2D eigenvalue weighted by Crippen LogP contribution is -2.14. The number of nitrogens with zero attached hydrogens (tertiary/aromatic N) is 2. The third-order valence-corrected chi connectivity index (χ3v) is 4.25. The lowest BCUT2D eigenvalue weighted by molar-refractivity contribution is 0.589. The summed E-state index contributed by atoms with van der Waals surface area (Å²) in [4.78, 5) is 4.70. The van der Waals surface area contributed by atoms with Crippen LogP contribution in [0.5, 0.6) is 0 Å². The van der Waals surface area contributed by atoms with E-state index in [2.05, 4.69) is 55.7 Å². The SMILES string of the molecule is CC(N)c1nc2ccccc2n1Cc1ccc(C(C)(C)C)cc1. The van der Waals surface area contributed by atoms with Crippen LogP contribution in [0.15, 0.2) is 48.5 Å². The molecule has 3 aromatic rings. The van der Waals surface area contributed by atoms with E-state index in [9.17, 15) is 0 Å². The smallest absolute Gasteiger partial charge is 0.126 e. The largest absolute Gasteiger partial charge is 0.322 e. The third kappa shape index (κ3) is 3.15. The summed E-state index contributed by atoms with van der Waals surface area (Å²) in [5, 5.41) is 0. The van der Waals surface area contributed by atoms with Gasteiger partial charge in [-0.15, -0.1) is 0 Å². The average molecular weight is 307 g/mol. The predicted octanol–water partition coefficient (Wildman–Crippen LogP) is 4.40. The number of nitrogens with two attached hydrogens (primary N) is 1. The molecule has 0 fully saturated rings. The van der Waals surface area contributed by atoms with Gasteiger partial charge in [0.15, 0.2) is 0 Å². The maximum absolute atomic E-state index is 6.13. The second kappa shape index (κ2) is 5.82. The van der Waals surface area contributed by atoms with E-state index in [1.165, 1.54) is 11.1 Å². The summed E-state index contributed by atoms with van der Waals surface area (Å²) >= 11 is 0. The Labute approximate surface area is 138 Å². The minimum Gasteiger partial charge on any atom is -0.322 e. The molecule has 2 N–H and O–H groups in total. The van der Waals surface area contributed by atoms with E-state index in [4.69, 9.17) is 10.7 Å². The number of benzene rings is 2. The summed E-state index contributed by atoms with van der Waals surface area (Å²) < 4.78 is 2.23. The molecule has 0 saturated carbocycles. The van der Waals surface area contributed by atoms with Crippen molar-refractivity contribution in [2.24, 2.45) is 5.73 Å². The topological polar surface area (TPSA) is 43.8 Å². The fraction of sp³-hybridized carbons (Fsp3) is 0.350. The van der Waals surface area contributed by atoms with Gasteiger partial charge in [-0.3, -0.25) is 0 Å². The number of hydrogen-bond acceptors (Lipinski definition) is 2. The minimum absolute atomic E-state index is 0.0868. The van der Waals surface area contributed by atoms with Crippen LogP contribution in [0.25, 0.3) is 11.0 Å². The lowest BCUT2D eigenvalue weighted by Gasteiger charge is -2.19. The number of hydrogen-bond donors (Lipinski definition) is 1. The highest BCUT2D eigenvalue weighted by atomic mass is 15.1. The molecule has 0 aliphatic rings. The fourth-order valence-electron chi connectivity index (χ4n) is 2.90. The maximum atomic E-state index is 6.13. The van der Waals surface area contributed by atoms with Crippen LogP contribution < -0.4 is 5.73 Å². The van der Waals surface area contributed by atoms with Crippen molar-refractivity contribution in [2.75, 3.05) is 0 Å². The van der Waals surface area contributed by atoms with Crippen LogP contribution in [0.1, 0.15) is 50.7 Å². The Morgan fingerprint density at radius 3 is 2.30 bits per heavy atom. The summed E-state index contributed by atoms with van der Waals surface area (Å²) in [6, 6.07) is 17.0. The van der Waals surface area contributed by atoms with Crippen LogP contribution in [0.2, 0.25) is 0 Å². The van der Waals surface area contributed by atoms with Gasteiger partial charge in [-0.2, -0.15) is 0 Å². The molecule has 3 heteroatoms. The molecule has 1 atom stereocenters. The normalized spacial score (nSPS) is 13.4. The molecular formula is C20H25N3. The van der Waals surface area contributed by atoms with Crippen molar-refractivity contribution in [3.63, 3.8) is 0 Å². The van der Waals surface area contributed by atoms with Gasteiger partial charge in [0, 0.05) is 6.54 Å². The van der Waals surface area contributed by atoms with Crippen molar-refractivity contribution in [1.82, 2.24) is 9.55 Å². The van der Waals surface area contributed by atoms with Gasteiger partial charge >= 0.3 is 0 Å². The lowest BCUT2D eigenvalue weighted by atomic mass is 9.87. The first-order valence-electron chi connectivity index (χ1n) is 8.16. The predicted molar refractivity (Wildman–Crippen MR) is 96.6 cm³/mol. The minimum atomic E-state index is -0.0868. The molecule has 2 aromatic carbocycles. The molecule has 0 radical (unpaired) electrons. The Hall–Kier alpha value is -2.13. The number of imidazole rings is 1. The van der Waals surface area contributed by atoms with Gasteiger partial charge in [-0.05, 0) is 35.6 Å². The van der Waals surface area contributed by atoms with Gasteiger partial charge in [0.25, 0.3) is 0 Å². The Morgan fingerprint density at radius 2 is 1.70 bits per heavy atom. The van der Waals surface area contributed by atoms with E-state index in [0.29, 0.717) is 0 Å². The van der Waals surface area contributed by atoms with Gasteiger partial charge in [0.2, 0.25) is 0 Å². The summed E-state index contributed by atoms with van der Waals surface area (Å²) in [5.74, 6) is 0.936. The van der Waals surface area contributed by atoms with E-state index in [1.54, 1.807) is 0 Å². The van der Waals surface area contributed by atoms with E-state index in [1.807, 2.05) is 25.1 Å². The standard InChI is InChI=1S/C20H25N3/c1-14(21)19-22-17-7-5-6-8-18(17)23(19)13-15-9-11-16(12-10-15)20(2,3)4/h5-12,14H,13,21H2,1-4H3. The van der Waals surface area contributed by atoms with Crippen molar-refractivity contribution < 1.29 is 0 Å².